The fourth-order valence-corrected chi connectivity index (χ4v) is 3.31. The molecule has 4 rings (SSSR count). The number of aromatic nitrogens is 2. The van der Waals surface area contributed by atoms with Crippen molar-refractivity contribution in [3.05, 3.63) is 82.9 Å². The molecule has 0 amide bonds. The normalized spacial score (nSPS) is 10.7. The van der Waals surface area contributed by atoms with E-state index in [1.54, 1.807) is 7.11 Å². The van der Waals surface area contributed by atoms with Gasteiger partial charge in [-0.3, -0.25) is 0 Å². The molecular formula is C23H21ClN4O. The van der Waals surface area contributed by atoms with Crippen molar-refractivity contribution in [1.29, 1.82) is 0 Å². The Hall–Kier alpha value is -3.31. The van der Waals surface area contributed by atoms with E-state index in [2.05, 4.69) is 15.6 Å². The highest BCUT2D eigenvalue weighted by Gasteiger charge is 2.09. The summed E-state index contributed by atoms with van der Waals surface area (Å²) in [6.45, 7) is 2.64. The molecule has 2 N–H and O–H groups in total. The number of benzene rings is 3. The van der Waals surface area contributed by atoms with E-state index in [1.807, 2.05) is 73.7 Å². The minimum absolute atomic E-state index is 0.534. The maximum atomic E-state index is 6.06. The number of hydrogen-bond donors (Lipinski definition) is 2. The van der Waals surface area contributed by atoms with Gasteiger partial charge < -0.3 is 15.4 Å². The lowest BCUT2D eigenvalue weighted by atomic mass is 10.2. The van der Waals surface area contributed by atoms with Crippen LogP contribution in [0.4, 0.5) is 17.5 Å². The molecule has 3 aromatic carbocycles. The molecular weight excluding hydrogens is 384 g/mol. The molecule has 29 heavy (non-hydrogen) atoms. The Labute approximate surface area is 174 Å². The van der Waals surface area contributed by atoms with Gasteiger partial charge in [-0.05, 0) is 60.5 Å². The predicted molar refractivity (Wildman–Crippen MR) is 119 cm³/mol. The van der Waals surface area contributed by atoms with Crippen molar-refractivity contribution in [3.8, 4) is 5.75 Å². The third-order valence-electron chi connectivity index (χ3n) is 4.66. The highest BCUT2D eigenvalue weighted by atomic mass is 35.5. The molecule has 0 spiro atoms. The zero-order valence-corrected chi connectivity index (χ0v) is 17.0. The molecule has 0 aliphatic carbocycles. The Balaban J connectivity index is 1.63. The summed E-state index contributed by atoms with van der Waals surface area (Å²) in [5.41, 5.74) is 3.96. The largest absolute Gasteiger partial charge is 0.497 e. The standard InChI is InChI=1S/C23H21ClN4O/c1-15-13-17(24)9-12-20(15)26-23-27-21-6-4-3-5-19(21)22(28-23)25-14-16-7-10-18(29-2)11-8-16/h3-13H,14H2,1-2H3,(H2,25,26,27,28). The zero-order valence-electron chi connectivity index (χ0n) is 16.2. The number of halogens is 1. The molecule has 6 heteroatoms. The Kier molecular flexibility index (Phi) is 5.49. The van der Waals surface area contributed by atoms with Gasteiger partial charge >= 0.3 is 0 Å². The van der Waals surface area contributed by atoms with Crippen LogP contribution in [0.2, 0.25) is 5.02 Å². The summed E-state index contributed by atoms with van der Waals surface area (Å²) < 4.78 is 5.22. The van der Waals surface area contributed by atoms with Gasteiger partial charge in [0.2, 0.25) is 5.95 Å². The van der Waals surface area contributed by atoms with E-state index < -0.39 is 0 Å². The molecule has 1 heterocycles. The third-order valence-corrected chi connectivity index (χ3v) is 4.89. The molecule has 0 saturated heterocycles. The van der Waals surface area contributed by atoms with Crippen molar-refractivity contribution in [2.45, 2.75) is 13.5 Å². The van der Waals surface area contributed by atoms with Crippen molar-refractivity contribution in [2.75, 3.05) is 17.7 Å². The Morgan fingerprint density at radius 3 is 2.52 bits per heavy atom. The van der Waals surface area contributed by atoms with Gasteiger partial charge in [-0.15, -0.1) is 0 Å². The van der Waals surface area contributed by atoms with Crippen LogP contribution in [-0.4, -0.2) is 17.1 Å². The first-order chi connectivity index (χ1) is 14.1. The lowest BCUT2D eigenvalue weighted by Crippen LogP contribution is -2.06. The second-order valence-electron chi connectivity index (χ2n) is 6.70. The number of anilines is 3. The number of para-hydroxylation sites is 1. The molecule has 1 aromatic heterocycles. The molecule has 146 valence electrons. The van der Waals surface area contributed by atoms with E-state index in [0.29, 0.717) is 17.5 Å². The summed E-state index contributed by atoms with van der Waals surface area (Å²) in [5.74, 6) is 2.15. The number of ether oxygens (including phenoxy) is 1. The first-order valence-electron chi connectivity index (χ1n) is 9.29. The van der Waals surface area contributed by atoms with Crippen molar-refractivity contribution in [1.82, 2.24) is 9.97 Å². The summed E-state index contributed by atoms with van der Waals surface area (Å²) in [6.07, 6.45) is 0. The van der Waals surface area contributed by atoms with E-state index in [9.17, 15) is 0 Å². The Morgan fingerprint density at radius 2 is 1.76 bits per heavy atom. The molecule has 0 fully saturated rings. The molecule has 5 nitrogen and oxygen atoms in total. The topological polar surface area (TPSA) is 59.1 Å². The van der Waals surface area contributed by atoms with E-state index >= 15 is 0 Å². The maximum absolute atomic E-state index is 6.06. The summed E-state index contributed by atoms with van der Waals surface area (Å²) >= 11 is 6.06. The smallest absolute Gasteiger partial charge is 0.229 e. The molecule has 0 aliphatic rings. The van der Waals surface area contributed by atoms with Crippen LogP contribution >= 0.6 is 11.6 Å². The first-order valence-corrected chi connectivity index (χ1v) is 9.67. The molecule has 4 aromatic rings. The van der Waals surface area contributed by atoms with E-state index in [1.165, 1.54) is 0 Å². The van der Waals surface area contributed by atoms with Crippen LogP contribution < -0.4 is 15.4 Å². The SMILES string of the molecule is COc1ccc(CNc2nc(Nc3ccc(Cl)cc3C)nc3ccccc23)cc1. The average molecular weight is 405 g/mol. The second-order valence-corrected chi connectivity index (χ2v) is 7.14. The molecule has 0 aliphatic heterocycles. The number of nitrogens with zero attached hydrogens (tertiary/aromatic N) is 2. The van der Waals surface area contributed by atoms with Crippen molar-refractivity contribution in [3.63, 3.8) is 0 Å². The van der Waals surface area contributed by atoms with Gasteiger partial charge in [0.1, 0.15) is 11.6 Å². The second kappa shape index (κ2) is 8.37. The number of aryl methyl sites for hydroxylation is 1. The van der Waals surface area contributed by atoms with Gasteiger partial charge in [0.15, 0.2) is 0 Å². The number of hydrogen-bond acceptors (Lipinski definition) is 5. The van der Waals surface area contributed by atoms with Crippen molar-refractivity contribution < 1.29 is 4.74 Å². The van der Waals surface area contributed by atoms with Crippen LogP contribution in [0.3, 0.4) is 0 Å². The molecule has 0 saturated carbocycles. The lowest BCUT2D eigenvalue weighted by molar-refractivity contribution is 0.414. The third kappa shape index (κ3) is 4.41. The van der Waals surface area contributed by atoms with Gasteiger partial charge in [0, 0.05) is 22.6 Å². The average Bonchev–Trinajstić information content (AvgIpc) is 2.74. The van der Waals surface area contributed by atoms with Crippen LogP contribution in [0.5, 0.6) is 5.75 Å². The summed E-state index contributed by atoms with van der Waals surface area (Å²) in [7, 11) is 1.66. The van der Waals surface area contributed by atoms with E-state index in [-0.39, 0.29) is 0 Å². The fourth-order valence-electron chi connectivity index (χ4n) is 3.08. The summed E-state index contributed by atoms with van der Waals surface area (Å²) in [5, 5.41) is 8.42. The Bertz CT molecular complexity index is 1150. The molecule has 0 unspecified atom stereocenters. The van der Waals surface area contributed by atoms with Gasteiger partial charge in [0.25, 0.3) is 0 Å². The minimum atomic E-state index is 0.534. The first kappa shape index (κ1) is 19.0. The van der Waals surface area contributed by atoms with Gasteiger partial charge in [-0.1, -0.05) is 35.9 Å². The predicted octanol–water partition coefficient (Wildman–Crippen LogP) is 5.96. The Morgan fingerprint density at radius 1 is 0.966 bits per heavy atom. The van der Waals surface area contributed by atoms with Crippen LogP contribution in [0.1, 0.15) is 11.1 Å². The number of nitrogens with one attached hydrogen (secondary N) is 2. The van der Waals surface area contributed by atoms with E-state index in [0.717, 1.165) is 39.3 Å². The number of fused-ring (bicyclic) bond motifs is 1. The van der Waals surface area contributed by atoms with Crippen LogP contribution in [0.15, 0.2) is 66.7 Å². The quantitative estimate of drug-likeness (QED) is 0.415. The van der Waals surface area contributed by atoms with Crippen LogP contribution in [0.25, 0.3) is 10.9 Å². The number of rotatable bonds is 6. The van der Waals surface area contributed by atoms with Gasteiger partial charge in [-0.25, -0.2) is 4.98 Å². The van der Waals surface area contributed by atoms with Crippen LogP contribution in [0, 0.1) is 6.92 Å². The highest BCUT2D eigenvalue weighted by molar-refractivity contribution is 6.30. The highest BCUT2D eigenvalue weighted by Crippen LogP contribution is 2.26. The molecule has 0 atom stereocenters. The van der Waals surface area contributed by atoms with Gasteiger partial charge in [-0.2, -0.15) is 4.98 Å². The zero-order chi connectivity index (χ0) is 20.2. The summed E-state index contributed by atoms with van der Waals surface area (Å²) in [6, 6.07) is 21.6. The number of methoxy groups -OCH3 is 1. The van der Waals surface area contributed by atoms with Gasteiger partial charge in [0.05, 0.1) is 12.6 Å². The van der Waals surface area contributed by atoms with E-state index in [4.69, 9.17) is 21.3 Å². The minimum Gasteiger partial charge on any atom is -0.497 e. The monoisotopic (exact) mass is 404 g/mol. The van der Waals surface area contributed by atoms with Crippen molar-refractivity contribution >= 4 is 40.0 Å². The fraction of sp³-hybridized carbons (Fsp3) is 0.130. The van der Waals surface area contributed by atoms with Crippen LogP contribution in [-0.2, 0) is 6.54 Å². The summed E-state index contributed by atoms with van der Waals surface area (Å²) in [4.78, 5) is 9.38. The molecule has 0 radical (unpaired) electrons. The maximum Gasteiger partial charge on any atom is 0.229 e. The lowest BCUT2D eigenvalue weighted by Gasteiger charge is -2.13. The van der Waals surface area contributed by atoms with Crippen molar-refractivity contribution in [2.24, 2.45) is 0 Å². The molecule has 0 bridgehead atoms.